The topological polar surface area (TPSA) is 60.8 Å². The Morgan fingerprint density at radius 2 is 1.81 bits per heavy atom. The Morgan fingerprint density at radius 3 is 2.38 bits per heavy atom. The van der Waals surface area contributed by atoms with Crippen LogP contribution >= 0.6 is 15.9 Å². The molecule has 0 aliphatic carbocycles. The van der Waals surface area contributed by atoms with Crippen molar-refractivity contribution in [3.8, 4) is 0 Å². The molecule has 1 aliphatic rings. The second-order valence-electron chi connectivity index (χ2n) is 3.82. The minimum absolute atomic E-state index is 0.178. The largest absolute Gasteiger partial charge is 0.388 e. The molecule has 1 saturated heterocycles. The number of hydrogen-bond donors (Lipinski definition) is 2. The lowest BCUT2D eigenvalue weighted by Gasteiger charge is -2.16. The molecule has 1 aliphatic heterocycles. The highest BCUT2D eigenvalue weighted by Crippen LogP contribution is 2.20. The number of rotatable bonds is 1. The molecule has 1 aromatic carbocycles. The third-order valence-electron chi connectivity index (χ3n) is 2.65. The molecule has 0 aromatic heterocycles. The normalized spacial score (nSPS) is 24.8. The zero-order chi connectivity index (χ0) is 11.7. The maximum absolute atomic E-state index is 12.0. The summed E-state index contributed by atoms with van der Waals surface area (Å²) in [4.78, 5) is 13.5. The van der Waals surface area contributed by atoms with Crippen molar-refractivity contribution in [1.29, 1.82) is 0 Å². The lowest BCUT2D eigenvalue weighted by atomic mass is 10.2. The van der Waals surface area contributed by atoms with Crippen LogP contribution in [-0.2, 0) is 0 Å². The average Bonchev–Trinajstić information content (AvgIpc) is 2.59. The SMILES string of the molecule is O=C(c1ccccc1Br)N1C[C@@H](O)[C@@H](O)C1. The van der Waals surface area contributed by atoms with E-state index in [1.165, 1.54) is 4.90 Å². The molecule has 86 valence electrons. The molecule has 2 rings (SSSR count). The zero-order valence-corrected chi connectivity index (χ0v) is 10.1. The van der Waals surface area contributed by atoms with Crippen LogP contribution in [0.3, 0.4) is 0 Å². The van der Waals surface area contributed by atoms with Gasteiger partial charge in [-0.1, -0.05) is 12.1 Å². The fourth-order valence-corrected chi connectivity index (χ4v) is 2.19. The molecular formula is C11H12BrNO3. The standard InChI is InChI=1S/C11H12BrNO3/c12-8-4-2-1-3-7(8)11(16)13-5-9(14)10(15)6-13/h1-4,9-10,14-15H,5-6H2/t9-,10+. The van der Waals surface area contributed by atoms with Crippen LogP contribution in [0.25, 0.3) is 0 Å². The second-order valence-corrected chi connectivity index (χ2v) is 4.68. The quantitative estimate of drug-likeness (QED) is 0.796. The number of amides is 1. The third kappa shape index (κ3) is 2.11. The van der Waals surface area contributed by atoms with Crippen molar-refractivity contribution in [3.05, 3.63) is 34.3 Å². The van der Waals surface area contributed by atoms with Gasteiger partial charge in [-0.25, -0.2) is 0 Å². The molecule has 2 atom stereocenters. The second kappa shape index (κ2) is 4.53. The minimum Gasteiger partial charge on any atom is -0.388 e. The van der Waals surface area contributed by atoms with Crippen molar-refractivity contribution >= 4 is 21.8 Å². The van der Waals surface area contributed by atoms with Crippen LogP contribution in [0.15, 0.2) is 28.7 Å². The van der Waals surface area contributed by atoms with Crippen molar-refractivity contribution in [3.63, 3.8) is 0 Å². The summed E-state index contributed by atoms with van der Waals surface area (Å²) >= 11 is 3.30. The van der Waals surface area contributed by atoms with Crippen LogP contribution < -0.4 is 0 Å². The maximum Gasteiger partial charge on any atom is 0.255 e. The van der Waals surface area contributed by atoms with E-state index in [0.717, 1.165) is 4.47 Å². The highest BCUT2D eigenvalue weighted by atomic mass is 79.9. The number of hydrogen-bond acceptors (Lipinski definition) is 3. The van der Waals surface area contributed by atoms with E-state index < -0.39 is 12.2 Å². The van der Waals surface area contributed by atoms with Gasteiger partial charge < -0.3 is 15.1 Å². The Kier molecular flexibility index (Phi) is 3.28. The molecular weight excluding hydrogens is 274 g/mol. The molecule has 1 amide bonds. The van der Waals surface area contributed by atoms with Crippen LogP contribution in [0.5, 0.6) is 0 Å². The Morgan fingerprint density at radius 1 is 1.25 bits per heavy atom. The lowest BCUT2D eigenvalue weighted by molar-refractivity contribution is 0.0572. The summed E-state index contributed by atoms with van der Waals surface area (Å²) in [5, 5.41) is 18.8. The fourth-order valence-electron chi connectivity index (χ4n) is 1.74. The molecule has 0 bridgehead atoms. The first-order valence-corrected chi connectivity index (χ1v) is 5.79. The number of halogens is 1. The summed E-state index contributed by atoms with van der Waals surface area (Å²) in [5.74, 6) is -0.178. The van der Waals surface area contributed by atoms with Gasteiger partial charge in [-0.2, -0.15) is 0 Å². The van der Waals surface area contributed by atoms with E-state index in [4.69, 9.17) is 0 Å². The van der Waals surface area contributed by atoms with E-state index in [0.29, 0.717) is 5.56 Å². The summed E-state index contributed by atoms with van der Waals surface area (Å²) in [6, 6.07) is 7.11. The van der Waals surface area contributed by atoms with Crippen molar-refractivity contribution < 1.29 is 15.0 Å². The predicted molar refractivity (Wildman–Crippen MR) is 62.1 cm³/mol. The van der Waals surface area contributed by atoms with Gasteiger partial charge in [0.2, 0.25) is 0 Å². The van der Waals surface area contributed by atoms with Crippen LogP contribution in [0.2, 0.25) is 0 Å². The zero-order valence-electron chi connectivity index (χ0n) is 8.51. The molecule has 2 N–H and O–H groups in total. The summed E-state index contributed by atoms with van der Waals surface area (Å²) in [5.41, 5.74) is 0.545. The Bertz CT molecular complexity index is 400. The average molecular weight is 286 g/mol. The van der Waals surface area contributed by atoms with Crippen LogP contribution in [-0.4, -0.2) is 46.3 Å². The number of aliphatic hydroxyl groups excluding tert-OH is 2. The molecule has 1 aromatic rings. The van der Waals surface area contributed by atoms with Gasteiger partial charge in [0.1, 0.15) is 0 Å². The van der Waals surface area contributed by atoms with E-state index in [-0.39, 0.29) is 19.0 Å². The molecule has 1 heterocycles. The van der Waals surface area contributed by atoms with Gasteiger partial charge in [0.05, 0.1) is 17.8 Å². The molecule has 4 nitrogen and oxygen atoms in total. The molecule has 1 fully saturated rings. The predicted octanol–water partition coefficient (Wildman–Crippen LogP) is 0.627. The number of β-amino-alcohol motifs (C(OH)–C–C–N with tert-alkyl or cyclic N) is 2. The maximum atomic E-state index is 12.0. The smallest absolute Gasteiger partial charge is 0.255 e. The number of aliphatic hydroxyl groups is 2. The van der Waals surface area contributed by atoms with Crippen LogP contribution in [0, 0.1) is 0 Å². The van der Waals surface area contributed by atoms with E-state index >= 15 is 0 Å². The van der Waals surface area contributed by atoms with Crippen molar-refractivity contribution in [1.82, 2.24) is 4.90 Å². The summed E-state index contributed by atoms with van der Waals surface area (Å²) in [6.45, 7) is 0.364. The van der Waals surface area contributed by atoms with E-state index in [1.807, 2.05) is 6.07 Å². The summed E-state index contributed by atoms with van der Waals surface area (Å²) < 4.78 is 0.718. The first-order valence-electron chi connectivity index (χ1n) is 4.99. The summed E-state index contributed by atoms with van der Waals surface area (Å²) in [7, 11) is 0. The number of likely N-dealkylation sites (tertiary alicyclic amines) is 1. The van der Waals surface area contributed by atoms with Crippen LogP contribution in [0.1, 0.15) is 10.4 Å². The Hall–Kier alpha value is -0.910. The van der Waals surface area contributed by atoms with Gasteiger partial charge >= 0.3 is 0 Å². The third-order valence-corrected chi connectivity index (χ3v) is 3.34. The lowest BCUT2D eigenvalue weighted by Crippen LogP contribution is -2.30. The number of nitrogens with zero attached hydrogens (tertiary/aromatic N) is 1. The van der Waals surface area contributed by atoms with E-state index in [2.05, 4.69) is 15.9 Å². The molecule has 0 saturated carbocycles. The first-order chi connectivity index (χ1) is 7.59. The molecule has 0 spiro atoms. The minimum atomic E-state index is -0.841. The van der Waals surface area contributed by atoms with Crippen molar-refractivity contribution in [2.45, 2.75) is 12.2 Å². The molecule has 0 radical (unpaired) electrons. The van der Waals surface area contributed by atoms with Gasteiger partial charge in [0.15, 0.2) is 0 Å². The molecule has 0 unspecified atom stereocenters. The molecule has 16 heavy (non-hydrogen) atoms. The highest BCUT2D eigenvalue weighted by Gasteiger charge is 2.33. The van der Waals surface area contributed by atoms with E-state index in [9.17, 15) is 15.0 Å². The highest BCUT2D eigenvalue weighted by molar-refractivity contribution is 9.10. The number of benzene rings is 1. The number of carbonyl (C=O) groups excluding carboxylic acids is 1. The van der Waals surface area contributed by atoms with Gasteiger partial charge in [-0.05, 0) is 28.1 Å². The van der Waals surface area contributed by atoms with Crippen molar-refractivity contribution in [2.24, 2.45) is 0 Å². The van der Waals surface area contributed by atoms with Gasteiger partial charge in [0, 0.05) is 17.6 Å². The first kappa shape index (κ1) is 11.6. The number of carbonyl (C=O) groups is 1. The molecule has 5 heteroatoms. The Labute approximate surface area is 102 Å². The van der Waals surface area contributed by atoms with Gasteiger partial charge in [-0.15, -0.1) is 0 Å². The van der Waals surface area contributed by atoms with Gasteiger partial charge in [0.25, 0.3) is 5.91 Å². The monoisotopic (exact) mass is 285 g/mol. The van der Waals surface area contributed by atoms with Crippen molar-refractivity contribution in [2.75, 3.05) is 13.1 Å². The fraction of sp³-hybridized carbons (Fsp3) is 0.364. The van der Waals surface area contributed by atoms with E-state index in [1.54, 1.807) is 18.2 Å². The summed E-state index contributed by atoms with van der Waals surface area (Å²) in [6.07, 6.45) is -1.68. The van der Waals surface area contributed by atoms with Crippen LogP contribution in [0.4, 0.5) is 0 Å². The Balaban J connectivity index is 2.18. The van der Waals surface area contributed by atoms with Gasteiger partial charge in [-0.3, -0.25) is 4.79 Å².